The smallest absolute Gasteiger partial charge is 0.0406 e. The van der Waals surface area contributed by atoms with E-state index in [1.807, 2.05) is 11.3 Å². The maximum atomic E-state index is 6.14. The molecule has 0 radical (unpaired) electrons. The second-order valence-electron chi connectivity index (χ2n) is 4.73. The van der Waals surface area contributed by atoms with Gasteiger partial charge in [0.1, 0.15) is 0 Å². The molecule has 16 heavy (non-hydrogen) atoms. The summed E-state index contributed by atoms with van der Waals surface area (Å²) in [5.41, 5.74) is 0.233. The van der Waals surface area contributed by atoms with Crippen LogP contribution >= 0.6 is 22.9 Å². The highest BCUT2D eigenvalue weighted by atomic mass is 35.5. The predicted octanol–water partition coefficient (Wildman–Crippen LogP) is 3.82. The molecule has 1 heterocycles. The standard InChI is InChI=1S/C13H20ClNS/c14-11-13(7-2-1-3-8-13)15-9-6-12-5-4-10-16-12/h4-5,10,15H,1-3,6-9,11H2. The Hall–Kier alpha value is -0.0500. The molecule has 0 bridgehead atoms. The zero-order chi connectivity index (χ0) is 11.3. The van der Waals surface area contributed by atoms with Gasteiger partial charge in [0.2, 0.25) is 0 Å². The number of thiophene rings is 1. The monoisotopic (exact) mass is 257 g/mol. The van der Waals surface area contributed by atoms with E-state index in [0.29, 0.717) is 0 Å². The van der Waals surface area contributed by atoms with Gasteiger partial charge in [-0.1, -0.05) is 25.3 Å². The minimum absolute atomic E-state index is 0.233. The van der Waals surface area contributed by atoms with Crippen LogP contribution in [-0.4, -0.2) is 18.0 Å². The van der Waals surface area contributed by atoms with Gasteiger partial charge in [0.15, 0.2) is 0 Å². The van der Waals surface area contributed by atoms with Crippen LogP contribution in [0.2, 0.25) is 0 Å². The summed E-state index contributed by atoms with van der Waals surface area (Å²) in [5, 5.41) is 5.84. The molecule has 1 aliphatic rings. The number of halogens is 1. The third-order valence-corrected chi connectivity index (χ3v) is 4.97. The quantitative estimate of drug-likeness (QED) is 0.791. The van der Waals surface area contributed by atoms with Crippen molar-refractivity contribution in [1.82, 2.24) is 5.32 Å². The Morgan fingerprint density at radius 2 is 2.12 bits per heavy atom. The first-order chi connectivity index (χ1) is 7.85. The summed E-state index contributed by atoms with van der Waals surface area (Å²) in [6, 6.07) is 4.33. The highest BCUT2D eigenvalue weighted by Crippen LogP contribution is 2.29. The van der Waals surface area contributed by atoms with E-state index >= 15 is 0 Å². The molecule has 0 saturated heterocycles. The van der Waals surface area contributed by atoms with Crippen molar-refractivity contribution >= 4 is 22.9 Å². The summed E-state index contributed by atoms with van der Waals surface area (Å²) in [6.45, 7) is 1.06. The SMILES string of the molecule is ClCC1(NCCc2cccs2)CCCCC1. The normalized spacial score (nSPS) is 19.8. The van der Waals surface area contributed by atoms with Crippen LogP contribution in [0.25, 0.3) is 0 Å². The minimum Gasteiger partial charge on any atom is -0.310 e. The van der Waals surface area contributed by atoms with Crippen LogP contribution in [-0.2, 0) is 6.42 Å². The fraction of sp³-hybridized carbons (Fsp3) is 0.692. The van der Waals surface area contributed by atoms with Gasteiger partial charge in [-0.3, -0.25) is 0 Å². The molecule has 0 spiro atoms. The van der Waals surface area contributed by atoms with Crippen LogP contribution in [0.15, 0.2) is 17.5 Å². The molecule has 1 fully saturated rings. The number of alkyl halides is 1. The van der Waals surface area contributed by atoms with Crippen LogP contribution in [0.4, 0.5) is 0 Å². The van der Waals surface area contributed by atoms with E-state index in [9.17, 15) is 0 Å². The molecule has 1 saturated carbocycles. The Kier molecular flexibility index (Phi) is 4.68. The van der Waals surface area contributed by atoms with Gasteiger partial charge in [-0.05, 0) is 30.7 Å². The van der Waals surface area contributed by atoms with Gasteiger partial charge in [-0.25, -0.2) is 0 Å². The number of hydrogen-bond acceptors (Lipinski definition) is 2. The van der Waals surface area contributed by atoms with Crippen LogP contribution in [0.5, 0.6) is 0 Å². The third kappa shape index (κ3) is 3.22. The third-order valence-electron chi connectivity index (χ3n) is 3.52. The average molecular weight is 258 g/mol. The molecular weight excluding hydrogens is 238 g/mol. The van der Waals surface area contributed by atoms with Crippen molar-refractivity contribution in [2.24, 2.45) is 0 Å². The van der Waals surface area contributed by atoms with E-state index in [0.717, 1.165) is 18.8 Å². The maximum absolute atomic E-state index is 6.14. The van der Waals surface area contributed by atoms with Crippen molar-refractivity contribution in [3.8, 4) is 0 Å². The lowest BCUT2D eigenvalue weighted by Gasteiger charge is -2.36. The van der Waals surface area contributed by atoms with Gasteiger partial charge < -0.3 is 5.32 Å². The molecule has 0 aromatic carbocycles. The summed E-state index contributed by atoms with van der Waals surface area (Å²) in [4.78, 5) is 1.47. The molecule has 1 aromatic heterocycles. The van der Waals surface area contributed by atoms with Gasteiger partial charge in [-0.2, -0.15) is 0 Å². The van der Waals surface area contributed by atoms with E-state index in [1.54, 1.807) is 0 Å². The largest absolute Gasteiger partial charge is 0.310 e. The first kappa shape index (κ1) is 12.4. The Morgan fingerprint density at radius 3 is 2.75 bits per heavy atom. The van der Waals surface area contributed by atoms with Crippen LogP contribution in [0.3, 0.4) is 0 Å². The molecule has 0 unspecified atom stereocenters. The van der Waals surface area contributed by atoms with Gasteiger partial charge >= 0.3 is 0 Å². The van der Waals surface area contributed by atoms with E-state index in [2.05, 4.69) is 22.8 Å². The van der Waals surface area contributed by atoms with E-state index in [1.165, 1.54) is 37.0 Å². The molecule has 1 aliphatic carbocycles. The van der Waals surface area contributed by atoms with Crippen LogP contribution < -0.4 is 5.32 Å². The van der Waals surface area contributed by atoms with Crippen molar-refractivity contribution in [3.63, 3.8) is 0 Å². The summed E-state index contributed by atoms with van der Waals surface area (Å²) in [5.74, 6) is 0.761. The van der Waals surface area contributed by atoms with Crippen molar-refractivity contribution in [1.29, 1.82) is 0 Å². The number of nitrogens with one attached hydrogen (secondary N) is 1. The van der Waals surface area contributed by atoms with Gasteiger partial charge in [0.05, 0.1) is 0 Å². The summed E-state index contributed by atoms with van der Waals surface area (Å²) in [7, 11) is 0. The fourth-order valence-corrected chi connectivity index (χ4v) is 3.56. The molecule has 3 heteroatoms. The first-order valence-corrected chi connectivity index (χ1v) is 7.59. The lowest BCUT2D eigenvalue weighted by atomic mass is 9.83. The number of hydrogen-bond donors (Lipinski definition) is 1. The van der Waals surface area contributed by atoms with Gasteiger partial charge in [0.25, 0.3) is 0 Å². The van der Waals surface area contributed by atoms with E-state index < -0.39 is 0 Å². The molecule has 1 N–H and O–H groups in total. The zero-order valence-electron chi connectivity index (χ0n) is 9.68. The average Bonchev–Trinajstić information content (AvgIpc) is 2.83. The number of rotatable bonds is 5. The summed E-state index contributed by atoms with van der Waals surface area (Å²) >= 11 is 7.98. The Labute approximate surface area is 107 Å². The molecule has 1 nitrogen and oxygen atoms in total. The Morgan fingerprint density at radius 1 is 1.31 bits per heavy atom. The second kappa shape index (κ2) is 6.04. The lowest BCUT2D eigenvalue weighted by Crippen LogP contribution is -2.49. The van der Waals surface area contributed by atoms with Crippen molar-refractivity contribution in [2.75, 3.05) is 12.4 Å². The van der Waals surface area contributed by atoms with Crippen molar-refractivity contribution in [2.45, 2.75) is 44.1 Å². The molecule has 90 valence electrons. The first-order valence-electron chi connectivity index (χ1n) is 6.18. The van der Waals surface area contributed by atoms with Crippen molar-refractivity contribution in [3.05, 3.63) is 22.4 Å². The Bertz CT molecular complexity index is 291. The summed E-state index contributed by atoms with van der Waals surface area (Å²) in [6.07, 6.45) is 7.68. The molecule has 0 aliphatic heterocycles. The summed E-state index contributed by atoms with van der Waals surface area (Å²) < 4.78 is 0. The highest BCUT2D eigenvalue weighted by molar-refractivity contribution is 7.09. The molecule has 2 rings (SSSR count). The van der Waals surface area contributed by atoms with E-state index in [-0.39, 0.29) is 5.54 Å². The molecule has 1 aromatic rings. The minimum atomic E-state index is 0.233. The molecular formula is C13H20ClNS. The second-order valence-corrected chi connectivity index (χ2v) is 6.03. The fourth-order valence-electron chi connectivity index (χ4n) is 2.49. The highest BCUT2D eigenvalue weighted by Gasteiger charge is 2.30. The molecule has 0 atom stereocenters. The lowest BCUT2D eigenvalue weighted by molar-refractivity contribution is 0.260. The van der Waals surface area contributed by atoms with E-state index in [4.69, 9.17) is 11.6 Å². The zero-order valence-corrected chi connectivity index (χ0v) is 11.2. The van der Waals surface area contributed by atoms with Crippen LogP contribution in [0.1, 0.15) is 37.0 Å². The molecule has 0 amide bonds. The Balaban J connectivity index is 1.78. The van der Waals surface area contributed by atoms with Gasteiger partial charge in [-0.15, -0.1) is 22.9 Å². The maximum Gasteiger partial charge on any atom is 0.0406 e. The van der Waals surface area contributed by atoms with Gasteiger partial charge in [0, 0.05) is 22.8 Å². The van der Waals surface area contributed by atoms with Crippen LogP contribution in [0, 0.1) is 0 Å². The van der Waals surface area contributed by atoms with Crippen molar-refractivity contribution < 1.29 is 0 Å². The topological polar surface area (TPSA) is 12.0 Å². The predicted molar refractivity (Wildman–Crippen MR) is 72.6 cm³/mol.